The highest BCUT2D eigenvalue weighted by Gasteiger charge is 2.51. The summed E-state index contributed by atoms with van der Waals surface area (Å²) >= 11 is 0. The van der Waals surface area contributed by atoms with Gasteiger partial charge >= 0.3 is 0 Å². The molecule has 5 aliphatic rings. The minimum absolute atomic E-state index is 0.0863. The van der Waals surface area contributed by atoms with Crippen LogP contribution in [0.15, 0.2) is 0 Å². The van der Waals surface area contributed by atoms with E-state index in [1.54, 1.807) is 0 Å². The molecule has 1 unspecified atom stereocenters. The van der Waals surface area contributed by atoms with Crippen molar-refractivity contribution in [3.8, 4) is 0 Å². The van der Waals surface area contributed by atoms with Crippen molar-refractivity contribution in [2.24, 2.45) is 28.9 Å². The summed E-state index contributed by atoms with van der Waals surface area (Å²) < 4.78 is 0. The second kappa shape index (κ2) is 4.70. The Labute approximate surface area is 121 Å². The summed E-state index contributed by atoms with van der Waals surface area (Å²) in [5, 5.41) is 3.31. The number of nitrogens with zero attached hydrogens (tertiary/aromatic N) is 1. The van der Waals surface area contributed by atoms with Crippen LogP contribution in [0.3, 0.4) is 0 Å². The number of primary amides is 1. The van der Waals surface area contributed by atoms with Crippen molar-refractivity contribution in [1.82, 2.24) is 10.2 Å². The maximum absolute atomic E-state index is 11.7. The summed E-state index contributed by atoms with van der Waals surface area (Å²) in [6.07, 6.45) is 8.69. The van der Waals surface area contributed by atoms with Gasteiger partial charge in [0, 0.05) is 26.2 Å². The molecular weight excluding hydrogens is 250 g/mol. The van der Waals surface area contributed by atoms with E-state index >= 15 is 0 Å². The fourth-order valence-corrected chi connectivity index (χ4v) is 6.13. The third kappa shape index (κ3) is 2.17. The Balaban J connectivity index is 1.51. The van der Waals surface area contributed by atoms with Crippen molar-refractivity contribution >= 4 is 5.91 Å². The van der Waals surface area contributed by atoms with Crippen molar-refractivity contribution in [1.29, 1.82) is 0 Å². The van der Waals surface area contributed by atoms with Crippen molar-refractivity contribution in [2.75, 3.05) is 26.2 Å². The number of nitrogens with two attached hydrogens (primary N) is 1. The first-order valence-electron chi connectivity index (χ1n) is 8.38. The van der Waals surface area contributed by atoms with Crippen molar-refractivity contribution in [3.05, 3.63) is 0 Å². The lowest BCUT2D eigenvalue weighted by Crippen LogP contribution is -2.61. The quantitative estimate of drug-likeness (QED) is 0.808. The minimum Gasteiger partial charge on any atom is -0.368 e. The smallest absolute Gasteiger partial charge is 0.236 e. The van der Waals surface area contributed by atoms with Gasteiger partial charge in [0.25, 0.3) is 0 Å². The van der Waals surface area contributed by atoms with E-state index in [-0.39, 0.29) is 11.9 Å². The molecule has 4 nitrogen and oxygen atoms in total. The molecule has 4 saturated carbocycles. The molecular formula is C16H27N3O. The molecule has 1 aliphatic heterocycles. The van der Waals surface area contributed by atoms with Gasteiger partial charge in [0.05, 0.1) is 0 Å². The third-order valence-electron chi connectivity index (χ3n) is 6.39. The second-order valence-electron chi connectivity index (χ2n) is 8.01. The number of rotatable bonds is 3. The molecule has 1 heterocycles. The predicted octanol–water partition coefficient (Wildman–Crippen LogP) is 0.962. The zero-order valence-electron chi connectivity index (χ0n) is 12.3. The molecule has 0 aromatic heterocycles. The minimum atomic E-state index is -0.151. The van der Waals surface area contributed by atoms with Crippen LogP contribution in [-0.4, -0.2) is 43.0 Å². The summed E-state index contributed by atoms with van der Waals surface area (Å²) in [5.74, 6) is 2.80. The molecule has 1 amide bonds. The maximum atomic E-state index is 11.7. The molecule has 4 bridgehead atoms. The molecule has 112 valence electrons. The molecule has 0 radical (unpaired) electrons. The number of carbonyl (C=O) groups is 1. The molecule has 1 saturated heterocycles. The van der Waals surface area contributed by atoms with Crippen LogP contribution >= 0.6 is 0 Å². The van der Waals surface area contributed by atoms with Crippen LogP contribution in [0.5, 0.6) is 0 Å². The van der Waals surface area contributed by atoms with Gasteiger partial charge in [0.2, 0.25) is 5.91 Å². The normalized spacial score (nSPS) is 47.6. The molecule has 5 rings (SSSR count). The van der Waals surface area contributed by atoms with E-state index in [9.17, 15) is 4.79 Å². The van der Waals surface area contributed by atoms with Crippen LogP contribution in [-0.2, 0) is 4.79 Å². The van der Waals surface area contributed by atoms with Crippen LogP contribution in [0.4, 0.5) is 0 Å². The molecule has 1 atom stereocenters. The van der Waals surface area contributed by atoms with E-state index in [1.807, 2.05) is 0 Å². The Hall–Kier alpha value is -0.610. The number of hydrogen-bond acceptors (Lipinski definition) is 3. The zero-order chi connectivity index (χ0) is 13.7. The number of nitrogens with one attached hydrogen (secondary N) is 1. The molecule has 4 heteroatoms. The van der Waals surface area contributed by atoms with E-state index in [4.69, 9.17) is 5.73 Å². The van der Waals surface area contributed by atoms with Crippen molar-refractivity contribution in [2.45, 2.75) is 44.6 Å². The number of piperazine rings is 1. The average Bonchev–Trinajstić information content (AvgIpc) is 2.36. The van der Waals surface area contributed by atoms with Gasteiger partial charge < -0.3 is 11.1 Å². The Morgan fingerprint density at radius 3 is 2.30 bits per heavy atom. The number of amides is 1. The fourth-order valence-electron chi connectivity index (χ4n) is 6.13. The van der Waals surface area contributed by atoms with Crippen molar-refractivity contribution in [3.63, 3.8) is 0 Å². The summed E-state index contributed by atoms with van der Waals surface area (Å²) in [6, 6.07) is -0.0863. The SMILES string of the molecule is NC(=O)C1CNCCN1CC12CC3CC(CC(C3)C1)C2. The lowest BCUT2D eigenvalue weighted by Gasteiger charge is -2.58. The lowest BCUT2D eigenvalue weighted by atomic mass is 9.49. The van der Waals surface area contributed by atoms with E-state index in [0.717, 1.165) is 43.9 Å². The zero-order valence-corrected chi connectivity index (χ0v) is 12.3. The predicted molar refractivity (Wildman–Crippen MR) is 78.0 cm³/mol. The Kier molecular flexibility index (Phi) is 3.08. The highest BCUT2D eigenvalue weighted by atomic mass is 16.1. The first-order chi connectivity index (χ1) is 9.63. The number of hydrogen-bond donors (Lipinski definition) is 2. The molecule has 20 heavy (non-hydrogen) atoms. The third-order valence-corrected chi connectivity index (χ3v) is 6.39. The van der Waals surface area contributed by atoms with E-state index in [1.165, 1.54) is 38.5 Å². The van der Waals surface area contributed by atoms with Crippen LogP contribution < -0.4 is 11.1 Å². The average molecular weight is 277 g/mol. The number of carbonyl (C=O) groups excluding carboxylic acids is 1. The first-order valence-corrected chi connectivity index (χ1v) is 8.38. The van der Waals surface area contributed by atoms with E-state index < -0.39 is 0 Å². The van der Waals surface area contributed by atoms with Crippen LogP contribution in [0, 0.1) is 23.2 Å². The molecule has 0 aromatic rings. The van der Waals surface area contributed by atoms with Gasteiger partial charge in [-0.1, -0.05) is 0 Å². The summed E-state index contributed by atoms with van der Waals surface area (Å²) in [4.78, 5) is 14.1. The van der Waals surface area contributed by atoms with Gasteiger partial charge in [0.15, 0.2) is 0 Å². The summed E-state index contributed by atoms with van der Waals surface area (Å²) in [7, 11) is 0. The Morgan fingerprint density at radius 1 is 1.15 bits per heavy atom. The standard InChI is InChI=1S/C16H27N3O/c17-15(20)14-9-18-1-2-19(14)10-16-6-11-3-12(7-16)5-13(4-11)8-16/h11-14,18H,1-10H2,(H2,17,20). The topological polar surface area (TPSA) is 58.4 Å². The van der Waals surface area contributed by atoms with E-state index in [0.29, 0.717) is 5.41 Å². The Morgan fingerprint density at radius 2 is 1.75 bits per heavy atom. The van der Waals surface area contributed by atoms with Gasteiger partial charge in [-0.2, -0.15) is 0 Å². The highest BCUT2D eigenvalue weighted by Crippen LogP contribution is 2.60. The van der Waals surface area contributed by atoms with Gasteiger partial charge in [0.1, 0.15) is 6.04 Å². The van der Waals surface area contributed by atoms with Crippen LogP contribution in [0.1, 0.15) is 38.5 Å². The molecule has 0 aromatic carbocycles. The molecule has 5 fully saturated rings. The summed E-state index contributed by atoms with van der Waals surface area (Å²) in [5.41, 5.74) is 6.12. The lowest BCUT2D eigenvalue weighted by molar-refractivity contribution is -0.127. The summed E-state index contributed by atoms with van der Waals surface area (Å²) in [6.45, 7) is 3.83. The van der Waals surface area contributed by atoms with Gasteiger partial charge in [-0.3, -0.25) is 9.69 Å². The largest absolute Gasteiger partial charge is 0.368 e. The van der Waals surface area contributed by atoms with Crippen LogP contribution in [0.25, 0.3) is 0 Å². The maximum Gasteiger partial charge on any atom is 0.236 e. The molecule has 3 N–H and O–H groups in total. The fraction of sp³-hybridized carbons (Fsp3) is 0.938. The molecule has 0 spiro atoms. The van der Waals surface area contributed by atoms with Gasteiger partial charge in [-0.15, -0.1) is 0 Å². The van der Waals surface area contributed by atoms with Gasteiger partial charge in [-0.25, -0.2) is 0 Å². The monoisotopic (exact) mass is 277 g/mol. The van der Waals surface area contributed by atoms with Gasteiger partial charge in [-0.05, 0) is 61.7 Å². The van der Waals surface area contributed by atoms with E-state index in [2.05, 4.69) is 10.2 Å². The highest BCUT2D eigenvalue weighted by molar-refractivity contribution is 5.80. The van der Waals surface area contributed by atoms with Crippen molar-refractivity contribution < 1.29 is 4.79 Å². The molecule has 4 aliphatic carbocycles. The first kappa shape index (κ1) is 13.1. The van der Waals surface area contributed by atoms with Crippen LogP contribution in [0.2, 0.25) is 0 Å². The second-order valence-corrected chi connectivity index (χ2v) is 8.01. The Bertz CT molecular complexity index is 373.